The first kappa shape index (κ1) is 16.0. The molecule has 1 N–H and O–H groups in total. The summed E-state index contributed by atoms with van der Waals surface area (Å²) in [6.45, 7) is 7.28. The number of aliphatic hydroxyl groups excluding tert-OH is 1. The van der Waals surface area contributed by atoms with Crippen LogP contribution in [0.5, 0.6) is 0 Å². The first-order valence-corrected chi connectivity index (χ1v) is 7.26. The molecule has 0 bridgehead atoms. The van der Waals surface area contributed by atoms with Crippen molar-refractivity contribution in [2.24, 2.45) is 0 Å². The van der Waals surface area contributed by atoms with Crippen LogP contribution in [0.1, 0.15) is 38.4 Å². The molecule has 108 valence electrons. The lowest BCUT2D eigenvalue weighted by Crippen LogP contribution is -2.28. The van der Waals surface area contributed by atoms with Crippen molar-refractivity contribution < 1.29 is 5.11 Å². The van der Waals surface area contributed by atoms with E-state index in [2.05, 4.69) is 43.0 Å². The molecule has 1 unspecified atom stereocenters. The van der Waals surface area contributed by atoms with E-state index in [1.165, 1.54) is 5.69 Å². The lowest BCUT2D eigenvalue weighted by atomic mass is 10.0. The molecule has 0 saturated heterocycles. The number of nitrogens with zero attached hydrogens (tertiary/aromatic N) is 2. The van der Waals surface area contributed by atoms with Crippen LogP contribution in [0.2, 0.25) is 0 Å². The van der Waals surface area contributed by atoms with E-state index in [0.29, 0.717) is 0 Å². The van der Waals surface area contributed by atoms with E-state index >= 15 is 0 Å². The molecular formula is C16H28N2O. The first-order valence-electron chi connectivity index (χ1n) is 7.26. The molecule has 0 heterocycles. The molecule has 1 rings (SSSR count). The second kappa shape index (κ2) is 8.18. The summed E-state index contributed by atoms with van der Waals surface area (Å²) in [7, 11) is 4.20. The van der Waals surface area contributed by atoms with Gasteiger partial charge in [-0.25, -0.2) is 0 Å². The van der Waals surface area contributed by atoms with Crippen LogP contribution < -0.4 is 4.90 Å². The summed E-state index contributed by atoms with van der Waals surface area (Å²) in [6.07, 6.45) is 1.53. The second-order valence-electron chi connectivity index (χ2n) is 5.22. The number of hydrogen-bond donors (Lipinski definition) is 1. The van der Waals surface area contributed by atoms with Gasteiger partial charge in [0.15, 0.2) is 0 Å². The number of benzene rings is 1. The molecule has 1 atom stereocenters. The maximum atomic E-state index is 10.1. The fraction of sp³-hybridized carbons (Fsp3) is 0.625. The van der Waals surface area contributed by atoms with Gasteiger partial charge in [-0.2, -0.15) is 0 Å². The highest BCUT2D eigenvalue weighted by Gasteiger charge is 2.14. The summed E-state index contributed by atoms with van der Waals surface area (Å²) in [5, 5.41) is 10.1. The van der Waals surface area contributed by atoms with Gasteiger partial charge in [-0.3, -0.25) is 0 Å². The van der Waals surface area contributed by atoms with Gasteiger partial charge in [0.05, 0.1) is 6.10 Å². The van der Waals surface area contributed by atoms with Crippen LogP contribution in [0.3, 0.4) is 0 Å². The standard InChI is InChI=1S/C16H28N2O/c1-5-16(19)14-10-7-8-11-15(14)18(6-2)13-9-12-17(3)4/h7-8,10-11,16,19H,5-6,9,12-13H2,1-4H3. The van der Waals surface area contributed by atoms with Crippen molar-refractivity contribution in [3.63, 3.8) is 0 Å². The number of aliphatic hydroxyl groups is 1. The van der Waals surface area contributed by atoms with Gasteiger partial charge in [-0.05, 0) is 46.5 Å². The Morgan fingerprint density at radius 3 is 2.37 bits per heavy atom. The van der Waals surface area contributed by atoms with Crippen molar-refractivity contribution in [2.45, 2.75) is 32.8 Å². The van der Waals surface area contributed by atoms with Gasteiger partial charge in [-0.1, -0.05) is 25.1 Å². The Kier molecular flexibility index (Phi) is 6.89. The van der Waals surface area contributed by atoms with E-state index < -0.39 is 0 Å². The molecule has 19 heavy (non-hydrogen) atoms. The molecule has 0 amide bonds. The van der Waals surface area contributed by atoms with Gasteiger partial charge in [0.2, 0.25) is 0 Å². The average molecular weight is 264 g/mol. The van der Waals surface area contributed by atoms with E-state index in [1.54, 1.807) is 0 Å². The molecule has 1 aromatic rings. The average Bonchev–Trinajstić information content (AvgIpc) is 2.42. The Morgan fingerprint density at radius 1 is 1.11 bits per heavy atom. The quantitative estimate of drug-likeness (QED) is 0.782. The molecule has 0 saturated carbocycles. The Bertz CT molecular complexity index is 366. The first-order chi connectivity index (χ1) is 9.10. The summed E-state index contributed by atoms with van der Waals surface area (Å²) < 4.78 is 0. The lowest BCUT2D eigenvalue weighted by molar-refractivity contribution is 0.174. The smallest absolute Gasteiger partial charge is 0.0807 e. The third-order valence-electron chi connectivity index (χ3n) is 3.44. The van der Waals surface area contributed by atoms with E-state index in [-0.39, 0.29) is 6.10 Å². The van der Waals surface area contributed by atoms with Crippen LogP contribution in [0, 0.1) is 0 Å². The second-order valence-corrected chi connectivity index (χ2v) is 5.22. The predicted molar refractivity (Wildman–Crippen MR) is 82.8 cm³/mol. The van der Waals surface area contributed by atoms with Crippen LogP contribution in [-0.4, -0.2) is 43.7 Å². The number of anilines is 1. The van der Waals surface area contributed by atoms with Crippen molar-refractivity contribution in [1.29, 1.82) is 0 Å². The van der Waals surface area contributed by atoms with Gasteiger partial charge >= 0.3 is 0 Å². The molecule has 0 radical (unpaired) electrons. The van der Waals surface area contributed by atoms with Crippen molar-refractivity contribution in [1.82, 2.24) is 4.90 Å². The molecular weight excluding hydrogens is 236 g/mol. The molecule has 1 aromatic carbocycles. The van der Waals surface area contributed by atoms with Crippen LogP contribution in [-0.2, 0) is 0 Å². The molecule has 0 aromatic heterocycles. The normalized spacial score (nSPS) is 12.7. The summed E-state index contributed by atoms with van der Waals surface area (Å²) in [5.74, 6) is 0. The Morgan fingerprint density at radius 2 is 1.79 bits per heavy atom. The minimum atomic E-state index is -0.362. The number of hydrogen-bond acceptors (Lipinski definition) is 3. The summed E-state index contributed by atoms with van der Waals surface area (Å²) in [4.78, 5) is 4.57. The topological polar surface area (TPSA) is 26.7 Å². The van der Waals surface area contributed by atoms with Crippen LogP contribution in [0.4, 0.5) is 5.69 Å². The number of para-hydroxylation sites is 1. The van der Waals surface area contributed by atoms with Crippen molar-refractivity contribution >= 4 is 5.69 Å². The van der Waals surface area contributed by atoms with Crippen LogP contribution >= 0.6 is 0 Å². The molecule has 3 nitrogen and oxygen atoms in total. The number of rotatable bonds is 8. The van der Waals surface area contributed by atoms with Gasteiger partial charge in [0.25, 0.3) is 0 Å². The summed E-state index contributed by atoms with van der Waals surface area (Å²) in [5.41, 5.74) is 2.23. The zero-order valence-corrected chi connectivity index (χ0v) is 12.8. The molecule has 0 fully saturated rings. The lowest BCUT2D eigenvalue weighted by Gasteiger charge is -2.27. The van der Waals surface area contributed by atoms with Crippen molar-refractivity contribution in [3.05, 3.63) is 29.8 Å². The zero-order chi connectivity index (χ0) is 14.3. The predicted octanol–water partition coefficient (Wildman–Crippen LogP) is 2.91. The minimum Gasteiger partial charge on any atom is -0.388 e. The highest BCUT2D eigenvalue weighted by atomic mass is 16.3. The van der Waals surface area contributed by atoms with E-state index in [0.717, 1.165) is 38.0 Å². The molecule has 3 heteroatoms. The largest absolute Gasteiger partial charge is 0.388 e. The Hall–Kier alpha value is -1.06. The Balaban J connectivity index is 2.79. The maximum absolute atomic E-state index is 10.1. The van der Waals surface area contributed by atoms with Gasteiger partial charge in [-0.15, -0.1) is 0 Å². The summed E-state index contributed by atoms with van der Waals surface area (Å²) >= 11 is 0. The van der Waals surface area contributed by atoms with Gasteiger partial charge in [0.1, 0.15) is 0 Å². The minimum absolute atomic E-state index is 0.362. The fourth-order valence-corrected chi connectivity index (χ4v) is 2.30. The van der Waals surface area contributed by atoms with E-state index in [9.17, 15) is 5.11 Å². The molecule has 0 aliphatic rings. The zero-order valence-electron chi connectivity index (χ0n) is 12.8. The van der Waals surface area contributed by atoms with Gasteiger partial charge < -0.3 is 14.9 Å². The monoisotopic (exact) mass is 264 g/mol. The van der Waals surface area contributed by atoms with E-state index in [1.807, 2.05) is 19.1 Å². The van der Waals surface area contributed by atoms with Crippen LogP contribution in [0.25, 0.3) is 0 Å². The third kappa shape index (κ3) is 4.84. The highest BCUT2D eigenvalue weighted by molar-refractivity contribution is 5.54. The van der Waals surface area contributed by atoms with E-state index in [4.69, 9.17) is 0 Å². The summed E-state index contributed by atoms with van der Waals surface area (Å²) in [6, 6.07) is 8.21. The molecule has 0 aliphatic heterocycles. The molecule has 0 aliphatic carbocycles. The maximum Gasteiger partial charge on any atom is 0.0807 e. The SMILES string of the molecule is CCC(O)c1ccccc1N(CC)CCCN(C)C. The van der Waals surface area contributed by atoms with Gasteiger partial charge in [0, 0.05) is 24.3 Å². The highest BCUT2D eigenvalue weighted by Crippen LogP contribution is 2.28. The van der Waals surface area contributed by atoms with Crippen molar-refractivity contribution in [3.8, 4) is 0 Å². The van der Waals surface area contributed by atoms with Crippen LogP contribution in [0.15, 0.2) is 24.3 Å². The Labute approximate surface area is 117 Å². The fourth-order valence-electron chi connectivity index (χ4n) is 2.30. The third-order valence-corrected chi connectivity index (χ3v) is 3.44. The van der Waals surface area contributed by atoms with Crippen molar-refractivity contribution in [2.75, 3.05) is 38.6 Å². The molecule has 0 spiro atoms.